The fourth-order valence-corrected chi connectivity index (χ4v) is 2.69. The predicted molar refractivity (Wildman–Crippen MR) is 111 cm³/mol. The third kappa shape index (κ3) is 6.15. The van der Waals surface area contributed by atoms with Crippen LogP contribution in [-0.4, -0.2) is 40.3 Å². The Kier molecular flexibility index (Phi) is 7.67. The highest BCUT2D eigenvalue weighted by Gasteiger charge is 2.16. The van der Waals surface area contributed by atoms with E-state index in [-0.39, 0.29) is 11.9 Å². The monoisotopic (exact) mass is 385 g/mol. The van der Waals surface area contributed by atoms with E-state index < -0.39 is 0 Å². The van der Waals surface area contributed by atoms with Gasteiger partial charge in [-0.2, -0.15) is 5.10 Å². The Morgan fingerprint density at radius 1 is 1.25 bits per heavy atom. The van der Waals surface area contributed by atoms with Crippen molar-refractivity contribution in [3.63, 3.8) is 0 Å². The zero-order valence-corrected chi connectivity index (χ0v) is 17.7. The third-order valence-corrected chi connectivity index (χ3v) is 4.20. The van der Waals surface area contributed by atoms with E-state index in [4.69, 9.17) is 9.47 Å². The SMILES string of the molecule is COc1cc(/C=C/C(=O)N(Cc2cnn(C)c2)C(C)C)ccc1OCC(C)C. The highest BCUT2D eigenvalue weighted by molar-refractivity contribution is 5.92. The minimum Gasteiger partial charge on any atom is -0.493 e. The lowest BCUT2D eigenvalue weighted by Gasteiger charge is -2.25. The summed E-state index contributed by atoms with van der Waals surface area (Å²) < 4.78 is 12.9. The van der Waals surface area contributed by atoms with Gasteiger partial charge in [0, 0.05) is 37.5 Å². The fraction of sp³-hybridized carbons (Fsp3) is 0.455. The van der Waals surface area contributed by atoms with E-state index >= 15 is 0 Å². The molecular weight excluding hydrogens is 354 g/mol. The Morgan fingerprint density at radius 3 is 2.57 bits per heavy atom. The summed E-state index contributed by atoms with van der Waals surface area (Å²) in [7, 11) is 3.48. The molecule has 0 N–H and O–H groups in total. The molecule has 0 aliphatic carbocycles. The van der Waals surface area contributed by atoms with Crippen molar-refractivity contribution < 1.29 is 14.3 Å². The second-order valence-corrected chi connectivity index (χ2v) is 7.53. The molecule has 0 fully saturated rings. The summed E-state index contributed by atoms with van der Waals surface area (Å²) in [4.78, 5) is 14.5. The number of carbonyl (C=O) groups excluding carboxylic acids is 1. The van der Waals surface area contributed by atoms with Gasteiger partial charge in [-0.25, -0.2) is 0 Å². The molecular formula is C22H31N3O3. The van der Waals surface area contributed by atoms with Crippen molar-refractivity contribution in [2.24, 2.45) is 13.0 Å². The molecule has 1 aromatic heterocycles. The smallest absolute Gasteiger partial charge is 0.247 e. The van der Waals surface area contributed by atoms with E-state index in [9.17, 15) is 4.79 Å². The molecule has 0 atom stereocenters. The zero-order valence-electron chi connectivity index (χ0n) is 17.7. The molecule has 1 aromatic carbocycles. The Balaban J connectivity index is 2.10. The summed E-state index contributed by atoms with van der Waals surface area (Å²) in [6, 6.07) is 5.75. The first-order valence-electron chi connectivity index (χ1n) is 9.57. The van der Waals surface area contributed by atoms with Crippen molar-refractivity contribution in [2.45, 2.75) is 40.3 Å². The number of ether oxygens (including phenoxy) is 2. The van der Waals surface area contributed by atoms with Crippen LogP contribution < -0.4 is 9.47 Å². The van der Waals surface area contributed by atoms with Crippen LogP contribution in [0.3, 0.4) is 0 Å². The topological polar surface area (TPSA) is 56.6 Å². The molecule has 152 valence electrons. The molecule has 2 rings (SSSR count). The molecule has 1 heterocycles. The molecule has 6 nitrogen and oxygen atoms in total. The third-order valence-electron chi connectivity index (χ3n) is 4.20. The maximum atomic E-state index is 12.7. The van der Waals surface area contributed by atoms with Crippen molar-refractivity contribution in [3.05, 3.63) is 47.8 Å². The van der Waals surface area contributed by atoms with Crippen molar-refractivity contribution >= 4 is 12.0 Å². The molecule has 6 heteroatoms. The maximum Gasteiger partial charge on any atom is 0.247 e. The summed E-state index contributed by atoms with van der Waals surface area (Å²) in [5, 5.41) is 4.17. The van der Waals surface area contributed by atoms with Crippen molar-refractivity contribution in [1.29, 1.82) is 0 Å². The van der Waals surface area contributed by atoms with Gasteiger partial charge in [-0.3, -0.25) is 9.48 Å². The van der Waals surface area contributed by atoms with Crippen LogP contribution in [0.1, 0.15) is 38.8 Å². The number of aromatic nitrogens is 2. The molecule has 1 amide bonds. The number of nitrogens with zero attached hydrogens (tertiary/aromatic N) is 3. The van der Waals surface area contributed by atoms with Gasteiger partial charge in [0.05, 0.1) is 19.9 Å². The van der Waals surface area contributed by atoms with Gasteiger partial charge in [0.2, 0.25) is 5.91 Å². The van der Waals surface area contributed by atoms with E-state index in [1.54, 1.807) is 30.1 Å². The van der Waals surface area contributed by atoms with Crippen LogP contribution in [0.25, 0.3) is 6.08 Å². The average Bonchev–Trinajstić information content (AvgIpc) is 3.07. The van der Waals surface area contributed by atoms with Crippen molar-refractivity contribution in [2.75, 3.05) is 13.7 Å². The van der Waals surface area contributed by atoms with Gasteiger partial charge in [-0.15, -0.1) is 0 Å². The van der Waals surface area contributed by atoms with Crippen LogP contribution >= 0.6 is 0 Å². The number of methoxy groups -OCH3 is 1. The Labute approximate surface area is 167 Å². The Morgan fingerprint density at radius 2 is 2.00 bits per heavy atom. The Hall–Kier alpha value is -2.76. The molecule has 28 heavy (non-hydrogen) atoms. The van der Waals surface area contributed by atoms with Gasteiger partial charge in [0.15, 0.2) is 11.5 Å². The van der Waals surface area contributed by atoms with Crippen molar-refractivity contribution in [3.8, 4) is 11.5 Å². The van der Waals surface area contributed by atoms with Crippen LogP contribution in [0.2, 0.25) is 0 Å². The van der Waals surface area contributed by atoms with Gasteiger partial charge in [0.1, 0.15) is 0 Å². The average molecular weight is 386 g/mol. The number of rotatable bonds is 9. The lowest BCUT2D eigenvalue weighted by atomic mass is 10.1. The van der Waals surface area contributed by atoms with Crippen LogP contribution in [-0.2, 0) is 18.4 Å². The second kappa shape index (κ2) is 9.97. The quantitative estimate of drug-likeness (QED) is 0.614. The predicted octanol–water partition coefficient (Wildman–Crippen LogP) is 3.91. The minimum atomic E-state index is -0.0436. The number of benzene rings is 1. The van der Waals surface area contributed by atoms with Crippen LogP contribution in [0, 0.1) is 5.92 Å². The largest absolute Gasteiger partial charge is 0.493 e. The van der Waals surface area contributed by atoms with Crippen LogP contribution in [0.5, 0.6) is 11.5 Å². The highest BCUT2D eigenvalue weighted by Crippen LogP contribution is 2.29. The van der Waals surface area contributed by atoms with E-state index in [2.05, 4.69) is 18.9 Å². The zero-order chi connectivity index (χ0) is 20.7. The molecule has 2 aromatic rings. The second-order valence-electron chi connectivity index (χ2n) is 7.53. The standard InChI is InChI=1S/C22H31N3O3/c1-16(2)15-28-20-9-7-18(11-21(20)27-6)8-10-22(26)25(17(3)4)14-19-12-23-24(5)13-19/h7-13,16-17H,14-15H2,1-6H3/b10-8+. The van der Waals surface area contributed by atoms with Crippen LogP contribution in [0.4, 0.5) is 0 Å². The molecule has 0 unspecified atom stereocenters. The lowest BCUT2D eigenvalue weighted by molar-refractivity contribution is -0.128. The highest BCUT2D eigenvalue weighted by atomic mass is 16.5. The molecule has 0 bridgehead atoms. The number of amides is 1. The molecule has 0 aliphatic heterocycles. The van der Waals surface area contributed by atoms with E-state index in [0.29, 0.717) is 30.6 Å². The number of hydrogen-bond donors (Lipinski definition) is 0. The van der Waals surface area contributed by atoms with E-state index in [0.717, 1.165) is 11.1 Å². The Bertz CT molecular complexity index is 809. The number of hydrogen-bond acceptors (Lipinski definition) is 4. The molecule has 0 saturated carbocycles. The summed E-state index contributed by atoms with van der Waals surface area (Å²) in [5.41, 5.74) is 1.89. The van der Waals surface area contributed by atoms with Gasteiger partial charge < -0.3 is 14.4 Å². The minimum absolute atomic E-state index is 0.0436. The summed E-state index contributed by atoms with van der Waals surface area (Å²) in [6.07, 6.45) is 7.11. The van der Waals surface area contributed by atoms with E-state index in [1.165, 1.54) is 0 Å². The summed E-state index contributed by atoms with van der Waals surface area (Å²) >= 11 is 0. The first-order chi connectivity index (χ1) is 13.3. The first kappa shape index (κ1) is 21.5. The van der Waals surface area contributed by atoms with Crippen molar-refractivity contribution in [1.82, 2.24) is 14.7 Å². The summed E-state index contributed by atoms with van der Waals surface area (Å²) in [5.74, 6) is 1.76. The van der Waals surface area contributed by atoms with Gasteiger partial charge >= 0.3 is 0 Å². The molecule has 0 saturated heterocycles. The number of aryl methyl sites for hydroxylation is 1. The maximum absolute atomic E-state index is 12.7. The normalized spacial score (nSPS) is 11.4. The number of carbonyl (C=O) groups is 1. The van der Waals surface area contributed by atoms with Gasteiger partial charge in [0.25, 0.3) is 0 Å². The molecule has 0 radical (unpaired) electrons. The van der Waals surface area contributed by atoms with Gasteiger partial charge in [-0.1, -0.05) is 19.9 Å². The summed E-state index contributed by atoms with van der Waals surface area (Å²) in [6.45, 7) is 9.36. The first-order valence-corrected chi connectivity index (χ1v) is 9.57. The molecule has 0 spiro atoms. The van der Waals surface area contributed by atoms with Gasteiger partial charge in [-0.05, 0) is 43.5 Å². The lowest BCUT2D eigenvalue weighted by Crippen LogP contribution is -2.35. The van der Waals surface area contributed by atoms with Crippen LogP contribution in [0.15, 0.2) is 36.7 Å². The fourth-order valence-electron chi connectivity index (χ4n) is 2.69. The van der Waals surface area contributed by atoms with E-state index in [1.807, 2.05) is 50.2 Å². The molecule has 0 aliphatic rings.